The maximum absolute atomic E-state index is 13.2. The van der Waals surface area contributed by atoms with Crippen LogP contribution in [-0.2, 0) is 19.6 Å². The molecule has 0 saturated heterocycles. The first-order chi connectivity index (χ1) is 18.0. The molecule has 3 heterocycles. The topological polar surface area (TPSA) is 102 Å². The largest absolute Gasteiger partial charge is 0.497 e. The number of pyridine rings is 1. The number of nitrogens with one attached hydrogen (secondary N) is 1. The highest BCUT2D eigenvalue weighted by Gasteiger charge is 2.26. The molecule has 0 saturated carbocycles. The number of aromatic amines is 1. The lowest BCUT2D eigenvalue weighted by molar-refractivity contribution is 0.161. The van der Waals surface area contributed by atoms with Crippen LogP contribution in [0.1, 0.15) is 47.7 Å². The maximum atomic E-state index is 13.2. The van der Waals surface area contributed by atoms with Crippen molar-refractivity contribution in [2.45, 2.75) is 45.9 Å². The lowest BCUT2D eigenvalue weighted by Crippen LogP contribution is -2.32. The summed E-state index contributed by atoms with van der Waals surface area (Å²) in [5.74, 6) is 2.20. The summed E-state index contributed by atoms with van der Waals surface area (Å²) in [5, 5.41) is 13.5. The number of fused-ring (bicyclic) bond motifs is 1. The number of methoxy groups -OCH3 is 1. The zero-order chi connectivity index (χ0) is 25.8. The van der Waals surface area contributed by atoms with Gasteiger partial charge >= 0.3 is 0 Å². The number of aromatic nitrogens is 5. The second-order valence-electron chi connectivity index (χ2n) is 9.17. The van der Waals surface area contributed by atoms with Gasteiger partial charge in [0.2, 0.25) is 0 Å². The van der Waals surface area contributed by atoms with Crippen LogP contribution in [0.3, 0.4) is 0 Å². The molecular formula is C28H30N6O3. The number of ether oxygens (including phenoxy) is 1. The molecule has 2 aromatic carbocycles. The molecule has 0 amide bonds. The summed E-state index contributed by atoms with van der Waals surface area (Å²) in [5.41, 5.74) is 3.64. The van der Waals surface area contributed by atoms with E-state index in [1.165, 1.54) is 5.56 Å². The Labute approximate surface area is 214 Å². The summed E-state index contributed by atoms with van der Waals surface area (Å²) in [6, 6.07) is 19.7. The molecule has 0 aliphatic carbocycles. The van der Waals surface area contributed by atoms with Gasteiger partial charge in [-0.25, -0.2) is 4.68 Å². The Morgan fingerprint density at radius 1 is 1.11 bits per heavy atom. The van der Waals surface area contributed by atoms with Gasteiger partial charge in [0, 0.05) is 24.7 Å². The number of hydrogen-bond donors (Lipinski definition) is 1. The van der Waals surface area contributed by atoms with Crippen molar-refractivity contribution in [3.8, 4) is 5.75 Å². The van der Waals surface area contributed by atoms with Crippen LogP contribution in [-0.4, -0.2) is 37.2 Å². The summed E-state index contributed by atoms with van der Waals surface area (Å²) >= 11 is 0. The van der Waals surface area contributed by atoms with E-state index in [0.29, 0.717) is 30.9 Å². The predicted molar refractivity (Wildman–Crippen MR) is 140 cm³/mol. The molecule has 9 nitrogen and oxygen atoms in total. The van der Waals surface area contributed by atoms with E-state index >= 15 is 0 Å². The van der Waals surface area contributed by atoms with Gasteiger partial charge in [0.25, 0.3) is 5.56 Å². The van der Waals surface area contributed by atoms with E-state index in [1.54, 1.807) is 18.1 Å². The highest BCUT2D eigenvalue weighted by atomic mass is 16.5. The Balaban J connectivity index is 1.51. The first-order valence-corrected chi connectivity index (χ1v) is 12.3. The lowest BCUT2D eigenvalue weighted by Gasteiger charge is -2.30. The monoisotopic (exact) mass is 498 g/mol. The van der Waals surface area contributed by atoms with E-state index in [-0.39, 0.29) is 11.6 Å². The molecule has 190 valence electrons. The second kappa shape index (κ2) is 10.8. The Hall–Kier alpha value is -4.24. The third-order valence-electron chi connectivity index (χ3n) is 6.58. The van der Waals surface area contributed by atoms with Crippen LogP contribution in [0.4, 0.5) is 0 Å². The number of tetrazole rings is 1. The summed E-state index contributed by atoms with van der Waals surface area (Å²) in [6.07, 6.45) is 2.40. The number of H-pyrrole nitrogens is 1. The molecule has 0 bridgehead atoms. The standard InChI is InChI=1S/C28H30N6O3/c1-4-26(27-30-31-32-34(27)18-24-6-5-13-37-24)33(16-20-9-7-19(2)8-10-20)17-22-14-21-11-12-23(36-3)15-25(21)29-28(22)35/h5-15,26H,4,16-18H2,1-3H3,(H,29,35)/t26-/m1/s1. The minimum atomic E-state index is -0.128. The van der Waals surface area contributed by atoms with Crippen LogP contribution in [0.2, 0.25) is 0 Å². The molecule has 1 N–H and O–H groups in total. The Kier molecular flexibility index (Phi) is 7.14. The van der Waals surface area contributed by atoms with Crippen molar-refractivity contribution in [2.75, 3.05) is 7.11 Å². The average molecular weight is 499 g/mol. The van der Waals surface area contributed by atoms with Crippen molar-refractivity contribution in [2.24, 2.45) is 0 Å². The molecule has 3 aromatic heterocycles. The van der Waals surface area contributed by atoms with Gasteiger partial charge in [-0.05, 0) is 65.1 Å². The van der Waals surface area contributed by atoms with E-state index in [4.69, 9.17) is 9.15 Å². The molecular weight excluding hydrogens is 468 g/mol. The van der Waals surface area contributed by atoms with E-state index in [1.807, 2.05) is 36.4 Å². The smallest absolute Gasteiger partial charge is 0.252 e. The van der Waals surface area contributed by atoms with Crippen molar-refractivity contribution in [1.82, 2.24) is 30.1 Å². The molecule has 0 fully saturated rings. The summed E-state index contributed by atoms with van der Waals surface area (Å²) < 4.78 is 12.6. The SMILES string of the molecule is CC[C@H](c1nnnn1Cc1ccco1)N(Cc1ccc(C)cc1)Cc1cc2ccc(OC)cc2[nH]c1=O. The molecule has 0 aliphatic heterocycles. The summed E-state index contributed by atoms with van der Waals surface area (Å²) in [6.45, 7) is 5.67. The van der Waals surface area contributed by atoms with E-state index in [0.717, 1.165) is 34.5 Å². The Morgan fingerprint density at radius 2 is 1.95 bits per heavy atom. The van der Waals surface area contributed by atoms with Crippen LogP contribution in [0.15, 0.2) is 76.1 Å². The molecule has 37 heavy (non-hydrogen) atoms. The van der Waals surface area contributed by atoms with Crippen LogP contribution in [0.5, 0.6) is 5.75 Å². The van der Waals surface area contributed by atoms with Gasteiger partial charge in [-0.3, -0.25) is 9.69 Å². The lowest BCUT2D eigenvalue weighted by atomic mass is 10.1. The van der Waals surface area contributed by atoms with Crippen LogP contribution >= 0.6 is 0 Å². The molecule has 5 aromatic rings. The number of furan rings is 1. The first-order valence-electron chi connectivity index (χ1n) is 12.3. The Bertz CT molecular complexity index is 1520. The molecule has 0 radical (unpaired) electrons. The fourth-order valence-corrected chi connectivity index (χ4v) is 4.61. The van der Waals surface area contributed by atoms with Gasteiger partial charge in [0.15, 0.2) is 5.82 Å². The second-order valence-corrected chi connectivity index (χ2v) is 9.17. The van der Waals surface area contributed by atoms with Crippen molar-refractivity contribution < 1.29 is 9.15 Å². The number of hydrogen-bond acceptors (Lipinski definition) is 7. The molecule has 1 atom stereocenters. The van der Waals surface area contributed by atoms with E-state index in [2.05, 4.69) is 63.5 Å². The number of benzene rings is 2. The zero-order valence-electron chi connectivity index (χ0n) is 21.2. The molecule has 0 unspecified atom stereocenters. The number of rotatable bonds is 10. The van der Waals surface area contributed by atoms with Gasteiger partial charge in [-0.15, -0.1) is 5.10 Å². The Morgan fingerprint density at radius 3 is 2.68 bits per heavy atom. The number of nitrogens with zero attached hydrogens (tertiary/aromatic N) is 5. The third kappa shape index (κ3) is 5.46. The minimum Gasteiger partial charge on any atom is -0.497 e. The average Bonchev–Trinajstić information content (AvgIpc) is 3.59. The van der Waals surface area contributed by atoms with Gasteiger partial charge in [0.05, 0.1) is 24.9 Å². The first kappa shape index (κ1) is 24.5. The van der Waals surface area contributed by atoms with Crippen molar-refractivity contribution in [3.05, 3.63) is 106 Å². The normalized spacial score (nSPS) is 12.3. The molecule has 0 spiro atoms. The third-order valence-corrected chi connectivity index (χ3v) is 6.58. The van der Waals surface area contributed by atoms with Gasteiger partial charge in [0.1, 0.15) is 18.1 Å². The number of aryl methyl sites for hydroxylation is 1. The highest BCUT2D eigenvalue weighted by Crippen LogP contribution is 2.27. The van der Waals surface area contributed by atoms with Crippen molar-refractivity contribution in [3.63, 3.8) is 0 Å². The summed E-state index contributed by atoms with van der Waals surface area (Å²) in [7, 11) is 1.61. The van der Waals surface area contributed by atoms with Gasteiger partial charge in [-0.1, -0.05) is 36.8 Å². The van der Waals surface area contributed by atoms with Gasteiger partial charge in [-0.2, -0.15) is 0 Å². The molecule has 0 aliphatic rings. The van der Waals surface area contributed by atoms with E-state index < -0.39 is 0 Å². The van der Waals surface area contributed by atoms with E-state index in [9.17, 15) is 4.79 Å². The summed E-state index contributed by atoms with van der Waals surface area (Å²) in [4.78, 5) is 18.4. The maximum Gasteiger partial charge on any atom is 0.252 e. The van der Waals surface area contributed by atoms with Gasteiger partial charge < -0.3 is 14.1 Å². The minimum absolute atomic E-state index is 0.125. The predicted octanol–water partition coefficient (Wildman–Crippen LogP) is 4.63. The van der Waals surface area contributed by atoms with Crippen LogP contribution in [0, 0.1) is 6.92 Å². The zero-order valence-corrected chi connectivity index (χ0v) is 21.2. The fourth-order valence-electron chi connectivity index (χ4n) is 4.61. The van der Waals surface area contributed by atoms with Crippen LogP contribution in [0.25, 0.3) is 10.9 Å². The van der Waals surface area contributed by atoms with Crippen molar-refractivity contribution in [1.29, 1.82) is 0 Å². The van der Waals surface area contributed by atoms with Crippen molar-refractivity contribution >= 4 is 10.9 Å². The molecule has 9 heteroatoms. The van der Waals surface area contributed by atoms with Crippen LogP contribution < -0.4 is 10.3 Å². The quantitative estimate of drug-likeness (QED) is 0.300. The molecule has 5 rings (SSSR count). The highest BCUT2D eigenvalue weighted by molar-refractivity contribution is 5.80. The fraction of sp³-hybridized carbons (Fsp3) is 0.286.